The van der Waals surface area contributed by atoms with E-state index in [4.69, 9.17) is 9.73 Å². The molecule has 244 valence electrons. The van der Waals surface area contributed by atoms with Gasteiger partial charge in [0.05, 0.1) is 12.1 Å². The Balaban J connectivity index is 3.13. The van der Waals surface area contributed by atoms with E-state index in [1.165, 1.54) is 6.42 Å². The Bertz CT molecular complexity index is 842. The van der Waals surface area contributed by atoms with Crippen molar-refractivity contribution in [3.63, 3.8) is 0 Å². The van der Waals surface area contributed by atoms with Crippen LogP contribution in [0.1, 0.15) is 126 Å². The van der Waals surface area contributed by atoms with Gasteiger partial charge in [0.25, 0.3) is 0 Å². The molecule has 0 aliphatic heterocycles. The van der Waals surface area contributed by atoms with E-state index in [2.05, 4.69) is 47.6 Å². The first-order valence-corrected chi connectivity index (χ1v) is 16.9. The van der Waals surface area contributed by atoms with E-state index in [1.54, 1.807) is 7.11 Å². The summed E-state index contributed by atoms with van der Waals surface area (Å²) in [6, 6.07) is -0.244. The number of aliphatic hydroxyl groups excluding tert-OH is 1. The minimum absolute atomic E-state index is 0.00745. The Kier molecular flexibility index (Phi) is 18.5. The summed E-state index contributed by atoms with van der Waals surface area (Å²) in [5, 5.41) is 10.8. The van der Waals surface area contributed by atoms with Crippen LogP contribution in [0.25, 0.3) is 0 Å². The Morgan fingerprint density at radius 2 is 1.76 bits per heavy atom. The Morgan fingerprint density at radius 3 is 2.29 bits per heavy atom. The van der Waals surface area contributed by atoms with Gasteiger partial charge in [-0.25, -0.2) is 0 Å². The van der Waals surface area contributed by atoms with Crippen molar-refractivity contribution >= 4 is 18.0 Å². The molecule has 0 saturated heterocycles. The minimum Gasteiger partial charge on any atom is -0.387 e. The van der Waals surface area contributed by atoms with Crippen molar-refractivity contribution in [1.29, 1.82) is 0 Å². The molecule has 7 atom stereocenters. The van der Waals surface area contributed by atoms with Gasteiger partial charge in [-0.3, -0.25) is 14.6 Å². The summed E-state index contributed by atoms with van der Waals surface area (Å²) in [6.07, 6.45) is 12.7. The van der Waals surface area contributed by atoms with Crippen molar-refractivity contribution in [2.45, 2.75) is 150 Å². The molecular formula is C35H65N3O4. The van der Waals surface area contributed by atoms with Gasteiger partial charge < -0.3 is 19.6 Å². The molecule has 0 aromatic rings. The maximum atomic E-state index is 14.0. The number of aliphatic hydroxyl groups is 1. The number of aliphatic imine (C=N–C) groups is 1. The van der Waals surface area contributed by atoms with Gasteiger partial charge in [0.15, 0.2) is 0 Å². The van der Waals surface area contributed by atoms with Crippen molar-refractivity contribution in [3.05, 3.63) is 11.6 Å². The first-order valence-electron chi connectivity index (χ1n) is 16.9. The van der Waals surface area contributed by atoms with Crippen LogP contribution in [0.3, 0.4) is 0 Å². The molecule has 1 N–H and O–H groups in total. The van der Waals surface area contributed by atoms with Crippen molar-refractivity contribution in [3.8, 4) is 0 Å². The molecule has 0 saturated carbocycles. The molecule has 0 fully saturated rings. The van der Waals surface area contributed by atoms with Gasteiger partial charge in [0.1, 0.15) is 6.23 Å². The second kappa shape index (κ2) is 20.3. The van der Waals surface area contributed by atoms with Crippen LogP contribution in [0.4, 0.5) is 0 Å². The van der Waals surface area contributed by atoms with E-state index >= 15 is 0 Å². The molecule has 1 aliphatic rings. The quantitative estimate of drug-likeness (QED) is 0.0917. The van der Waals surface area contributed by atoms with E-state index in [1.807, 2.05) is 36.9 Å². The Labute approximate surface area is 258 Å². The van der Waals surface area contributed by atoms with Crippen LogP contribution in [0, 0.1) is 23.7 Å². The number of carbonyl (C=O) groups is 2. The van der Waals surface area contributed by atoms with Gasteiger partial charge in [-0.2, -0.15) is 0 Å². The molecule has 7 nitrogen and oxygen atoms in total. The molecule has 7 heteroatoms. The van der Waals surface area contributed by atoms with Crippen LogP contribution in [0.5, 0.6) is 0 Å². The molecule has 1 aliphatic carbocycles. The summed E-state index contributed by atoms with van der Waals surface area (Å²) in [7, 11) is 3.59. The number of hydrogen-bond donors (Lipinski definition) is 1. The molecule has 0 aromatic carbocycles. The third-order valence-electron chi connectivity index (χ3n) is 9.24. The van der Waals surface area contributed by atoms with E-state index in [9.17, 15) is 14.7 Å². The van der Waals surface area contributed by atoms with Gasteiger partial charge in [-0.1, -0.05) is 73.8 Å². The highest BCUT2D eigenvalue weighted by atomic mass is 16.5. The average molecular weight is 592 g/mol. The van der Waals surface area contributed by atoms with Crippen molar-refractivity contribution in [2.24, 2.45) is 28.7 Å². The van der Waals surface area contributed by atoms with Crippen LogP contribution >= 0.6 is 0 Å². The van der Waals surface area contributed by atoms with Crippen molar-refractivity contribution < 1.29 is 19.4 Å². The molecule has 0 aromatic heterocycles. The molecule has 2 amide bonds. The smallest absolute Gasteiger partial charge is 0.224 e. The predicted molar refractivity (Wildman–Crippen MR) is 176 cm³/mol. The summed E-state index contributed by atoms with van der Waals surface area (Å²) in [5.41, 5.74) is 1.09. The largest absolute Gasteiger partial charge is 0.387 e. The summed E-state index contributed by atoms with van der Waals surface area (Å²) in [4.78, 5) is 35.8. The van der Waals surface area contributed by atoms with Crippen LogP contribution in [0.2, 0.25) is 0 Å². The first-order chi connectivity index (χ1) is 19.9. The van der Waals surface area contributed by atoms with Gasteiger partial charge >= 0.3 is 0 Å². The summed E-state index contributed by atoms with van der Waals surface area (Å²) >= 11 is 0. The number of rotatable bonds is 20. The topological polar surface area (TPSA) is 82.4 Å². The SMILES string of the molecule is CCCCN(C(=O)CC(CC)C(C(C)CC)N(C)C(=O)CCC(C)C)C(OC)C(C)C=NC(C)C(O)C1=CCCCC1. The lowest BCUT2D eigenvalue weighted by Gasteiger charge is -2.40. The minimum atomic E-state index is -0.574. The highest BCUT2D eigenvalue weighted by Crippen LogP contribution is 2.29. The highest BCUT2D eigenvalue weighted by Gasteiger charge is 2.35. The number of ether oxygens (including phenoxy) is 1. The molecular weight excluding hydrogens is 526 g/mol. The van der Waals surface area contributed by atoms with Crippen LogP contribution in [-0.2, 0) is 14.3 Å². The molecule has 0 spiro atoms. The maximum Gasteiger partial charge on any atom is 0.224 e. The fraction of sp³-hybridized carbons (Fsp3) is 0.857. The second-order valence-electron chi connectivity index (χ2n) is 13.1. The summed E-state index contributed by atoms with van der Waals surface area (Å²) < 4.78 is 5.96. The zero-order chi connectivity index (χ0) is 31.8. The lowest BCUT2D eigenvalue weighted by atomic mass is 9.82. The standard InChI is InChI=1S/C35H65N3O4/c1-11-14-22-38(35(42-10)27(7)24-36-28(8)34(41)30-18-16-15-17-19-30)32(40)23-29(13-3)33(26(6)12-2)37(9)31(39)21-20-25(4)5/h18,24-29,33-35,41H,11-17,19-23H2,1-10H3. The van der Waals surface area contributed by atoms with Gasteiger partial charge in [0.2, 0.25) is 11.8 Å². The lowest BCUT2D eigenvalue weighted by molar-refractivity contribution is -0.149. The fourth-order valence-electron chi connectivity index (χ4n) is 6.22. The Morgan fingerprint density at radius 1 is 1.07 bits per heavy atom. The zero-order valence-corrected chi connectivity index (χ0v) is 28.8. The zero-order valence-electron chi connectivity index (χ0n) is 28.8. The van der Waals surface area contributed by atoms with E-state index < -0.39 is 12.3 Å². The molecule has 0 bridgehead atoms. The molecule has 0 radical (unpaired) electrons. The predicted octanol–water partition coefficient (Wildman–Crippen LogP) is 7.27. The molecule has 42 heavy (non-hydrogen) atoms. The number of hydrogen-bond acceptors (Lipinski definition) is 5. The van der Waals surface area contributed by atoms with Crippen LogP contribution < -0.4 is 0 Å². The lowest BCUT2D eigenvalue weighted by Crippen LogP contribution is -2.50. The van der Waals surface area contributed by atoms with Crippen molar-refractivity contribution in [2.75, 3.05) is 20.7 Å². The number of nitrogens with zero attached hydrogens (tertiary/aromatic N) is 3. The van der Waals surface area contributed by atoms with Gasteiger partial charge in [-0.15, -0.1) is 0 Å². The number of methoxy groups -OCH3 is 1. The number of allylic oxidation sites excluding steroid dienone is 1. The van der Waals surface area contributed by atoms with Crippen LogP contribution in [0.15, 0.2) is 16.6 Å². The van der Waals surface area contributed by atoms with Crippen LogP contribution in [-0.4, -0.2) is 78.1 Å². The van der Waals surface area contributed by atoms with E-state index in [0.29, 0.717) is 25.3 Å². The van der Waals surface area contributed by atoms with Gasteiger partial charge in [0, 0.05) is 51.7 Å². The first kappa shape index (κ1) is 38.3. The number of carbonyl (C=O) groups excluding carboxylic acids is 2. The third kappa shape index (κ3) is 12.1. The monoisotopic (exact) mass is 591 g/mol. The average Bonchev–Trinajstić information content (AvgIpc) is 2.99. The Hall–Kier alpha value is -1.73. The molecule has 7 unspecified atom stereocenters. The summed E-state index contributed by atoms with van der Waals surface area (Å²) in [6.45, 7) is 17.5. The second-order valence-corrected chi connectivity index (χ2v) is 13.1. The molecule has 1 rings (SSSR count). The summed E-state index contributed by atoms with van der Waals surface area (Å²) in [5.74, 6) is 0.923. The molecule has 0 heterocycles. The van der Waals surface area contributed by atoms with Gasteiger partial charge in [-0.05, 0) is 68.8 Å². The third-order valence-corrected chi connectivity index (χ3v) is 9.24. The maximum absolute atomic E-state index is 14.0. The highest BCUT2D eigenvalue weighted by molar-refractivity contribution is 5.78. The number of unbranched alkanes of at least 4 members (excludes halogenated alkanes) is 1. The van der Waals surface area contributed by atoms with Crippen molar-refractivity contribution in [1.82, 2.24) is 9.80 Å². The number of amides is 2. The van der Waals surface area contributed by atoms with E-state index in [0.717, 1.165) is 56.9 Å². The fourth-order valence-corrected chi connectivity index (χ4v) is 6.22. The van der Waals surface area contributed by atoms with E-state index in [-0.39, 0.29) is 41.7 Å². The normalized spacial score (nSPS) is 19.1.